The number of hydrogen-bond donors (Lipinski definition) is 0. The summed E-state index contributed by atoms with van der Waals surface area (Å²) < 4.78 is 0. The van der Waals surface area contributed by atoms with Crippen LogP contribution in [-0.4, -0.2) is 36.3 Å². The van der Waals surface area contributed by atoms with Crippen LogP contribution in [0.3, 0.4) is 0 Å². The summed E-state index contributed by atoms with van der Waals surface area (Å²) in [7, 11) is 0. The highest BCUT2D eigenvalue weighted by Crippen LogP contribution is 2.25. The van der Waals surface area contributed by atoms with E-state index < -0.39 is 0 Å². The molecule has 2 rings (SSSR count). The average molecular weight is 299 g/mol. The van der Waals surface area contributed by atoms with Crippen molar-refractivity contribution >= 4 is 17.5 Å². The maximum Gasteiger partial charge on any atom is 0.248 e. The second kappa shape index (κ2) is 6.18. The number of hydrogen-bond acceptors (Lipinski definition) is 4. The lowest BCUT2D eigenvalue weighted by Gasteiger charge is -2.34. The van der Waals surface area contributed by atoms with Crippen LogP contribution in [0.5, 0.6) is 0 Å². The zero-order chi connectivity index (χ0) is 16.3. The van der Waals surface area contributed by atoms with Gasteiger partial charge in [-0.1, -0.05) is 32.9 Å². The topological polar surface area (TPSA) is 64.4 Å². The standard InChI is InChI=1S/C17H21N3O2/c1-17(2,3)13-5-7-14(8-6-13)19-11-15(21)20(10-4-9-18)16(22)12-19/h5-8H,4,10-12H2,1-3H3. The molecule has 5 heteroatoms. The SMILES string of the molecule is CC(C)(C)c1ccc(N2CC(=O)N(CCC#N)C(=O)C2)cc1. The first-order valence-corrected chi connectivity index (χ1v) is 7.38. The normalized spacial score (nSPS) is 15.9. The predicted molar refractivity (Wildman–Crippen MR) is 84.3 cm³/mol. The molecule has 1 aromatic carbocycles. The Bertz CT molecular complexity index is 590. The molecule has 0 aromatic heterocycles. The molecule has 0 saturated carbocycles. The van der Waals surface area contributed by atoms with Crippen LogP contribution in [0.1, 0.15) is 32.8 Å². The van der Waals surface area contributed by atoms with E-state index in [1.807, 2.05) is 30.3 Å². The van der Waals surface area contributed by atoms with Crippen LogP contribution >= 0.6 is 0 Å². The lowest BCUT2D eigenvalue weighted by Crippen LogP contribution is -2.54. The number of piperazine rings is 1. The Labute approximate surface area is 131 Å². The number of anilines is 1. The highest BCUT2D eigenvalue weighted by Gasteiger charge is 2.30. The van der Waals surface area contributed by atoms with E-state index in [9.17, 15) is 9.59 Å². The number of nitrogens with zero attached hydrogens (tertiary/aromatic N) is 3. The lowest BCUT2D eigenvalue weighted by atomic mass is 9.87. The van der Waals surface area contributed by atoms with Crippen molar-refractivity contribution in [2.75, 3.05) is 24.5 Å². The minimum absolute atomic E-state index is 0.0696. The van der Waals surface area contributed by atoms with Crippen molar-refractivity contribution in [2.45, 2.75) is 32.6 Å². The highest BCUT2D eigenvalue weighted by molar-refractivity contribution is 6.02. The van der Waals surface area contributed by atoms with Gasteiger partial charge in [-0.05, 0) is 23.1 Å². The molecular formula is C17H21N3O2. The van der Waals surface area contributed by atoms with Gasteiger partial charge in [0.15, 0.2) is 0 Å². The fourth-order valence-corrected chi connectivity index (χ4v) is 2.46. The third-order valence-electron chi connectivity index (χ3n) is 3.80. The van der Waals surface area contributed by atoms with Crippen LogP contribution in [0.25, 0.3) is 0 Å². The molecule has 0 atom stereocenters. The van der Waals surface area contributed by atoms with Crippen LogP contribution in [0.15, 0.2) is 24.3 Å². The van der Waals surface area contributed by atoms with Gasteiger partial charge in [0.1, 0.15) is 0 Å². The Morgan fingerprint density at radius 2 is 1.64 bits per heavy atom. The van der Waals surface area contributed by atoms with Crippen molar-refractivity contribution in [1.29, 1.82) is 5.26 Å². The Morgan fingerprint density at radius 1 is 1.09 bits per heavy atom. The summed E-state index contributed by atoms with van der Waals surface area (Å²) in [6, 6.07) is 9.93. The first-order chi connectivity index (χ1) is 10.3. The maximum absolute atomic E-state index is 12.1. The summed E-state index contributed by atoms with van der Waals surface area (Å²) in [6.07, 6.45) is 0.178. The molecule has 0 aliphatic carbocycles. The molecule has 0 spiro atoms. The van der Waals surface area contributed by atoms with Gasteiger partial charge in [-0.2, -0.15) is 5.26 Å². The van der Waals surface area contributed by atoms with E-state index in [0.29, 0.717) is 0 Å². The molecule has 1 heterocycles. The number of carbonyl (C=O) groups excluding carboxylic acids is 2. The van der Waals surface area contributed by atoms with E-state index in [0.717, 1.165) is 5.69 Å². The molecule has 5 nitrogen and oxygen atoms in total. The fourth-order valence-electron chi connectivity index (χ4n) is 2.46. The van der Waals surface area contributed by atoms with E-state index >= 15 is 0 Å². The third kappa shape index (κ3) is 3.45. The molecule has 116 valence electrons. The first kappa shape index (κ1) is 16.0. The second-order valence-corrected chi connectivity index (χ2v) is 6.50. The van der Waals surface area contributed by atoms with E-state index in [4.69, 9.17) is 5.26 Å². The van der Waals surface area contributed by atoms with Gasteiger partial charge in [-0.3, -0.25) is 14.5 Å². The van der Waals surface area contributed by atoms with Gasteiger partial charge in [0.25, 0.3) is 0 Å². The van der Waals surface area contributed by atoms with Gasteiger partial charge in [0, 0.05) is 12.2 Å². The van der Waals surface area contributed by atoms with E-state index in [2.05, 4.69) is 20.8 Å². The number of amides is 2. The summed E-state index contributed by atoms with van der Waals surface area (Å²) in [5.41, 5.74) is 2.15. The summed E-state index contributed by atoms with van der Waals surface area (Å²) in [6.45, 7) is 6.96. The van der Waals surface area contributed by atoms with Gasteiger partial charge in [0.2, 0.25) is 11.8 Å². The summed E-state index contributed by atoms with van der Waals surface area (Å²) in [5, 5.41) is 8.58. The molecule has 1 fully saturated rings. The van der Waals surface area contributed by atoms with Crippen LogP contribution in [0, 0.1) is 11.3 Å². The Balaban J connectivity index is 2.11. The van der Waals surface area contributed by atoms with E-state index in [1.165, 1.54) is 10.5 Å². The molecule has 0 bridgehead atoms. The number of rotatable bonds is 3. The summed E-state index contributed by atoms with van der Waals surface area (Å²) in [4.78, 5) is 27.1. The van der Waals surface area contributed by atoms with Crippen molar-refractivity contribution in [3.05, 3.63) is 29.8 Å². The van der Waals surface area contributed by atoms with Crippen LogP contribution < -0.4 is 4.90 Å². The van der Waals surface area contributed by atoms with Crippen LogP contribution in [-0.2, 0) is 15.0 Å². The lowest BCUT2D eigenvalue weighted by molar-refractivity contribution is -0.145. The third-order valence-corrected chi connectivity index (χ3v) is 3.80. The Morgan fingerprint density at radius 3 is 2.09 bits per heavy atom. The van der Waals surface area contributed by atoms with Crippen molar-refractivity contribution < 1.29 is 9.59 Å². The number of nitriles is 1. The van der Waals surface area contributed by atoms with Crippen LogP contribution in [0.2, 0.25) is 0 Å². The van der Waals surface area contributed by atoms with Crippen molar-refractivity contribution in [3.63, 3.8) is 0 Å². The molecule has 1 saturated heterocycles. The number of imide groups is 1. The first-order valence-electron chi connectivity index (χ1n) is 7.38. The minimum Gasteiger partial charge on any atom is -0.353 e. The minimum atomic E-state index is -0.244. The molecule has 2 amide bonds. The molecule has 1 aliphatic heterocycles. The van der Waals surface area contributed by atoms with Crippen molar-refractivity contribution in [2.24, 2.45) is 0 Å². The summed E-state index contributed by atoms with van der Waals surface area (Å²) >= 11 is 0. The molecule has 22 heavy (non-hydrogen) atoms. The molecule has 1 aromatic rings. The number of benzene rings is 1. The molecule has 0 N–H and O–H groups in total. The van der Waals surface area contributed by atoms with Gasteiger partial charge in [-0.15, -0.1) is 0 Å². The van der Waals surface area contributed by atoms with Gasteiger partial charge >= 0.3 is 0 Å². The van der Waals surface area contributed by atoms with Gasteiger partial charge in [0.05, 0.1) is 25.6 Å². The van der Waals surface area contributed by atoms with Gasteiger partial charge in [-0.25, -0.2) is 0 Å². The molecular weight excluding hydrogens is 278 g/mol. The maximum atomic E-state index is 12.1. The molecule has 1 aliphatic rings. The summed E-state index contributed by atoms with van der Waals surface area (Å²) in [5.74, 6) is -0.488. The number of carbonyl (C=O) groups is 2. The van der Waals surface area contributed by atoms with E-state index in [-0.39, 0.29) is 43.3 Å². The van der Waals surface area contributed by atoms with Crippen molar-refractivity contribution in [3.8, 4) is 6.07 Å². The molecule has 0 unspecified atom stereocenters. The largest absolute Gasteiger partial charge is 0.353 e. The Kier molecular flexibility index (Phi) is 4.51. The monoisotopic (exact) mass is 299 g/mol. The zero-order valence-corrected chi connectivity index (χ0v) is 13.3. The fraction of sp³-hybridized carbons (Fsp3) is 0.471. The molecule has 0 radical (unpaired) electrons. The smallest absolute Gasteiger partial charge is 0.248 e. The van der Waals surface area contributed by atoms with E-state index in [1.54, 1.807) is 4.90 Å². The average Bonchev–Trinajstić information content (AvgIpc) is 2.45. The predicted octanol–water partition coefficient (Wildman–Crippen LogP) is 2.07. The van der Waals surface area contributed by atoms with Crippen molar-refractivity contribution in [1.82, 2.24) is 4.90 Å². The van der Waals surface area contributed by atoms with Gasteiger partial charge < -0.3 is 4.90 Å². The zero-order valence-electron chi connectivity index (χ0n) is 13.3. The quantitative estimate of drug-likeness (QED) is 0.802. The Hall–Kier alpha value is -2.35. The second-order valence-electron chi connectivity index (χ2n) is 6.50. The van der Waals surface area contributed by atoms with Crippen LogP contribution in [0.4, 0.5) is 5.69 Å². The highest BCUT2D eigenvalue weighted by atomic mass is 16.2.